The largest absolute Gasteiger partial charge is 0.469 e. The fourth-order valence-electron chi connectivity index (χ4n) is 2.58. The van der Waals surface area contributed by atoms with Crippen molar-refractivity contribution in [3.63, 3.8) is 0 Å². The molecular weight excluding hydrogens is 335 g/mol. The van der Waals surface area contributed by atoms with E-state index >= 15 is 0 Å². The number of ether oxygens (including phenoxy) is 1. The number of aliphatic hydroxyl groups excluding tert-OH is 2. The smallest absolute Gasteiger partial charge is 0.387 e. The molecular formula is C10H15N4O8P. The molecule has 23 heavy (non-hydrogen) atoms. The van der Waals surface area contributed by atoms with E-state index in [1.807, 2.05) is 0 Å². The third-order valence-corrected chi connectivity index (χ3v) is 4.17. The number of hydrogen-bond acceptors (Lipinski definition) is 9. The van der Waals surface area contributed by atoms with Crippen LogP contribution in [-0.2, 0) is 18.6 Å². The van der Waals surface area contributed by atoms with E-state index in [0.717, 1.165) is 0 Å². The summed E-state index contributed by atoms with van der Waals surface area (Å²) in [5.41, 5.74) is 0. The van der Waals surface area contributed by atoms with Crippen molar-refractivity contribution < 1.29 is 38.6 Å². The molecule has 0 unspecified atom stereocenters. The zero-order valence-electron chi connectivity index (χ0n) is 11.5. The maximum atomic E-state index is 11.7. The Hall–Kier alpha value is -1.40. The van der Waals surface area contributed by atoms with E-state index in [2.05, 4.69) is 19.8 Å². The Kier molecular flexibility index (Phi) is 4.23. The molecule has 3 heterocycles. The molecule has 0 aromatic rings. The summed E-state index contributed by atoms with van der Waals surface area (Å²) in [6.07, 6.45) is -3.31. The van der Waals surface area contributed by atoms with Crippen molar-refractivity contribution in [1.82, 2.24) is 10.2 Å². The van der Waals surface area contributed by atoms with Crippen molar-refractivity contribution in [2.24, 2.45) is 9.98 Å². The molecule has 13 heteroatoms. The first-order valence-corrected chi connectivity index (χ1v) is 8.15. The zero-order valence-corrected chi connectivity index (χ0v) is 12.4. The number of rotatable bonds is 4. The van der Waals surface area contributed by atoms with E-state index < -0.39 is 51.2 Å². The highest BCUT2D eigenvalue weighted by Gasteiger charge is 2.50. The summed E-state index contributed by atoms with van der Waals surface area (Å²) >= 11 is 0. The van der Waals surface area contributed by atoms with Crippen LogP contribution >= 0.6 is 7.82 Å². The number of aliphatic imine (C=N–C) groups is 2. The zero-order chi connectivity index (χ0) is 16.8. The van der Waals surface area contributed by atoms with Gasteiger partial charge < -0.3 is 35.0 Å². The van der Waals surface area contributed by atoms with Crippen molar-refractivity contribution in [2.45, 2.75) is 36.7 Å². The number of aliphatic hydroxyl groups is 2. The molecule has 128 valence electrons. The number of phosphoric acid groups is 1. The van der Waals surface area contributed by atoms with Crippen molar-refractivity contribution >= 4 is 26.4 Å². The van der Waals surface area contributed by atoms with Crippen LogP contribution in [0, 0.1) is 0 Å². The van der Waals surface area contributed by atoms with Gasteiger partial charge in [0, 0.05) is 0 Å². The predicted octanol–water partition coefficient (Wildman–Crippen LogP) is -3.26. The highest BCUT2D eigenvalue weighted by molar-refractivity contribution is 7.46. The fourth-order valence-corrected chi connectivity index (χ4v) is 2.92. The van der Waals surface area contributed by atoms with Gasteiger partial charge in [0.1, 0.15) is 18.3 Å². The van der Waals surface area contributed by atoms with Crippen LogP contribution in [0.5, 0.6) is 0 Å². The molecule has 3 rings (SSSR count). The minimum Gasteiger partial charge on any atom is -0.387 e. The Morgan fingerprint density at radius 2 is 2.09 bits per heavy atom. The van der Waals surface area contributed by atoms with Gasteiger partial charge in [0.2, 0.25) is 0 Å². The van der Waals surface area contributed by atoms with Gasteiger partial charge in [-0.15, -0.1) is 0 Å². The average Bonchev–Trinajstić information content (AvgIpc) is 3.01. The first-order valence-electron chi connectivity index (χ1n) is 6.62. The topological polar surface area (TPSA) is 174 Å². The van der Waals surface area contributed by atoms with Crippen LogP contribution < -0.4 is 5.32 Å². The van der Waals surface area contributed by atoms with E-state index in [1.54, 1.807) is 0 Å². The second kappa shape index (κ2) is 5.91. The summed E-state index contributed by atoms with van der Waals surface area (Å²) in [5, 5.41) is 22.4. The van der Waals surface area contributed by atoms with E-state index in [-0.39, 0.29) is 5.91 Å². The third kappa shape index (κ3) is 3.15. The molecule has 6 atom stereocenters. The summed E-state index contributed by atoms with van der Waals surface area (Å²) < 4.78 is 20.4. The molecule has 0 radical (unpaired) electrons. The summed E-state index contributed by atoms with van der Waals surface area (Å²) in [4.78, 5) is 38.4. The molecule has 0 aromatic heterocycles. The van der Waals surface area contributed by atoms with Crippen LogP contribution in [0.3, 0.4) is 0 Å². The van der Waals surface area contributed by atoms with Crippen LogP contribution in [0.15, 0.2) is 9.98 Å². The van der Waals surface area contributed by atoms with E-state index in [9.17, 15) is 19.6 Å². The van der Waals surface area contributed by atoms with E-state index in [4.69, 9.17) is 14.5 Å². The summed E-state index contributed by atoms with van der Waals surface area (Å²) in [7, 11) is -4.73. The Morgan fingerprint density at radius 1 is 1.35 bits per heavy atom. The maximum absolute atomic E-state index is 11.7. The highest BCUT2D eigenvalue weighted by Crippen LogP contribution is 2.37. The van der Waals surface area contributed by atoms with Crippen molar-refractivity contribution in [3.8, 4) is 0 Å². The van der Waals surface area contributed by atoms with Crippen molar-refractivity contribution in [1.29, 1.82) is 0 Å². The standard InChI is InChI=1S/C10H15N4O8P/c15-6-4(1-21-23(18,19)20)22-10(7(6)16)14-3-13-5-8(14)11-2-12-9(5)17/h2-8,10,15-16H,1H2,(H,11,12,17)(H2,18,19,20)/t4-,5+,6+,7+,8+,10-/m0/s1. The molecule has 1 fully saturated rings. The fraction of sp³-hybridized carbons (Fsp3) is 0.700. The molecule has 1 saturated heterocycles. The van der Waals surface area contributed by atoms with Gasteiger partial charge >= 0.3 is 7.82 Å². The van der Waals surface area contributed by atoms with Crippen molar-refractivity contribution in [2.75, 3.05) is 6.61 Å². The monoisotopic (exact) mass is 350 g/mol. The van der Waals surface area contributed by atoms with Gasteiger partial charge in [-0.25, -0.2) is 9.56 Å². The van der Waals surface area contributed by atoms with Crippen LogP contribution in [-0.4, -0.2) is 86.8 Å². The summed E-state index contributed by atoms with van der Waals surface area (Å²) in [5.74, 6) is -0.363. The number of carbonyl (C=O) groups is 1. The van der Waals surface area contributed by atoms with Gasteiger partial charge in [-0.05, 0) is 0 Å². The number of hydrogen-bond donors (Lipinski definition) is 5. The number of carbonyl (C=O) groups excluding carboxylic acids is 1. The number of nitrogens with zero attached hydrogens (tertiary/aromatic N) is 3. The summed E-state index contributed by atoms with van der Waals surface area (Å²) in [6, 6.07) is -0.793. The lowest BCUT2D eigenvalue weighted by molar-refractivity contribution is -0.124. The molecule has 12 nitrogen and oxygen atoms in total. The molecule has 0 spiro atoms. The Bertz CT molecular complexity index is 593. The van der Waals surface area contributed by atoms with Gasteiger partial charge in [0.15, 0.2) is 18.4 Å². The van der Waals surface area contributed by atoms with Crippen LogP contribution in [0.2, 0.25) is 0 Å². The summed E-state index contributed by atoms with van der Waals surface area (Å²) in [6.45, 7) is -0.609. The molecule has 0 aromatic carbocycles. The molecule has 3 aliphatic rings. The third-order valence-electron chi connectivity index (χ3n) is 3.69. The minimum atomic E-state index is -4.73. The van der Waals surface area contributed by atoms with Gasteiger partial charge in [-0.3, -0.25) is 14.3 Å². The highest BCUT2D eigenvalue weighted by atomic mass is 31.2. The lowest BCUT2D eigenvalue weighted by Crippen LogP contribution is -2.53. The number of amides is 1. The molecule has 0 aliphatic carbocycles. The number of nitrogens with one attached hydrogen (secondary N) is 1. The lowest BCUT2D eigenvalue weighted by Gasteiger charge is -2.31. The van der Waals surface area contributed by atoms with E-state index in [0.29, 0.717) is 0 Å². The molecule has 5 N–H and O–H groups in total. The lowest BCUT2D eigenvalue weighted by atomic mass is 10.1. The van der Waals surface area contributed by atoms with Gasteiger partial charge in [-0.2, -0.15) is 0 Å². The Balaban J connectivity index is 1.70. The first-order chi connectivity index (χ1) is 10.8. The van der Waals surface area contributed by atoms with Gasteiger partial charge in [-0.1, -0.05) is 0 Å². The van der Waals surface area contributed by atoms with Crippen LogP contribution in [0.25, 0.3) is 0 Å². The maximum Gasteiger partial charge on any atom is 0.469 e. The molecule has 3 aliphatic heterocycles. The van der Waals surface area contributed by atoms with Crippen LogP contribution in [0.1, 0.15) is 0 Å². The number of fused-ring (bicyclic) bond motifs is 1. The van der Waals surface area contributed by atoms with Crippen LogP contribution in [0.4, 0.5) is 0 Å². The molecule has 0 saturated carbocycles. The Morgan fingerprint density at radius 3 is 2.78 bits per heavy atom. The van der Waals surface area contributed by atoms with Crippen molar-refractivity contribution in [3.05, 3.63) is 0 Å². The second-order valence-corrected chi connectivity index (χ2v) is 6.43. The quantitative estimate of drug-likeness (QED) is 0.326. The Labute approximate surface area is 129 Å². The van der Waals surface area contributed by atoms with E-state index in [1.165, 1.54) is 17.6 Å². The molecule has 1 amide bonds. The SMILES string of the molecule is O=C1NC=N[C@H]2[C@H]1N=CN2[C@H]1O[C@@H](COP(=O)(O)O)[C@@H](O)[C@H]1O. The average molecular weight is 350 g/mol. The normalized spacial score (nSPS) is 39.7. The minimum absolute atomic E-state index is 0.363. The van der Waals surface area contributed by atoms with Gasteiger partial charge in [0.25, 0.3) is 5.91 Å². The molecule has 0 bridgehead atoms. The first kappa shape index (κ1) is 16.5. The van der Waals surface area contributed by atoms with Gasteiger partial charge in [0.05, 0.1) is 19.3 Å². The predicted molar refractivity (Wildman–Crippen MR) is 73.2 cm³/mol. The second-order valence-electron chi connectivity index (χ2n) is 5.19. The number of phosphoric ester groups is 1.